The molecule has 0 spiro atoms. The number of fused-ring (bicyclic) bond motifs is 2. The molecule has 1 aliphatic heterocycles. The minimum atomic E-state index is -4.96. The zero-order valence-corrected chi connectivity index (χ0v) is 29.0. The molecule has 1 fully saturated rings. The van der Waals surface area contributed by atoms with Gasteiger partial charge in [0.05, 0.1) is 0 Å². The Labute approximate surface area is 281 Å². The van der Waals surface area contributed by atoms with E-state index in [1.807, 2.05) is 12.1 Å². The minimum absolute atomic E-state index is 0.195. The Morgan fingerprint density at radius 3 is 1.28 bits per heavy atom. The summed E-state index contributed by atoms with van der Waals surface area (Å²) in [6.45, 7) is 3.61. The number of anilines is 2. The van der Waals surface area contributed by atoms with Crippen LogP contribution in [0.3, 0.4) is 0 Å². The molecule has 4 aromatic carbocycles. The SMILES string of the molecule is Cc1cc(=O)oc2cc(OP3(Cl)(Cl)N(c4ccccc4)P(Cl)(Cl)(Oc4ccc5c(C)cc(=O)oc5c4)N3c3ccccc3)ccc12. The fourth-order valence-corrected chi connectivity index (χ4v) is 28.4. The Morgan fingerprint density at radius 2 is 0.913 bits per heavy atom. The van der Waals surface area contributed by atoms with Crippen LogP contribution in [0, 0.1) is 13.8 Å². The first-order valence-electron chi connectivity index (χ1n) is 13.9. The van der Waals surface area contributed by atoms with Crippen molar-refractivity contribution in [2.24, 2.45) is 0 Å². The average molecular weight is 736 g/mol. The van der Waals surface area contributed by atoms with Crippen molar-refractivity contribution < 1.29 is 17.9 Å². The van der Waals surface area contributed by atoms with E-state index >= 15 is 0 Å². The van der Waals surface area contributed by atoms with Crippen molar-refractivity contribution in [2.45, 2.75) is 13.8 Å². The zero-order valence-electron chi connectivity index (χ0n) is 24.1. The third-order valence-corrected chi connectivity index (χ3v) is 22.9. The van der Waals surface area contributed by atoms with Crippen molar-refractivity contribution in [1.29, 1.82) is 0 Å². The third kappa shape index (κ3) is 4.83. The molecule has 1 aliphatic rings. The van der Waals surface area contributed by atoms with Crippen LogP contribution in [0.2, 0.25) is 0 Å². The van der Waals surface area contributed by atoms with Gasteiger partial charge in [0.1, 0.15) is 0 Å². The van der Waals surface area contributed by atoms with Crippen molar-refractivity contribution in [3.8, 4) is 11.5 Å². The summed E-state index contributed by atoms with van der Waals surface area (Å²) in [5.41, 5.74) is 1.85. The average Bonchev–Trinajstić information content (AvgIpc) is 2.96. The van der Waals surface area contributed by atoms with E-state index in [1.54, 1.807) is 98.8 Å². The van der Waals surface area contributed by atoms with Crippen molar-refractivity contribution in [3.05, 3.63) is 141 Å². The van der Waals surface area contributed by atoms with Gasteiger partial charge in [-0.05, 0) is 0 Å². The number of para-hydroxylation sites is 2. The van der Waals surface area contributed by atoms with Crippen LogP contribution in [0.15, 0.2) is 128 Å². The van der Waals surface area contributed by atoms with E-state index in [0.29, 0.717) is 22.1 Å². The Balaban J connectivity index is 1.44. The maximum absolute atomic E-state index is 12.2. The molecule has 1 saturated heterocycles. The van der Waals surface area contributed by atoms with Gasteiger partial charge in [-0.1, -0.05) is 0 Å². The number of aryl methyl sites for hydroxylation is 2. The Morgan fingerprint density at radius 1 is 0.543 bits per heavy atom. The van der Waals surface area contributed by atoms with Crippen LogP contribution in [0.25, 0.3) is 21.9 Å². The molecule has 0 atom stereocenters. The molecule has 2 aromatic heterocycles. The molecule has 8 nitrogen and oxygen atoms in total. The van der Waals surface area contributed by atoms with Gasteiger partial charge in [0, 0.05) is 0 Å². The van der Waals surface area contributed by atoms with Crippen molar-refractivity contribution in [3.63, 3.8) is 0 Å². The second kappa shape index (κ2) is 10.5. The van der Waals surface area contributed by atoms with E-state index in [0.717, 1.165) is 11.1 Å². The number of hydrogen-bond donors (Lipinski definition) is 0. The first-order chi connectivity index (χ1) is 21.7. The molecular weight excluding hydrogens is 712 g/mol. The summed E-state index contributed by atoms with van der Waals surface area (Å²) in [7, 11) is 0. The number of nitrogens with zero attached hydrogens (tertiary/aromatic N) is 2. The van der Waals surface area contributed by atoms with E-state index in [1.165, 1.54) is 21.0 Å². The van der Waals surface area contributed by atoms with Crippen LogP contribution in [0.1, 0.15) is 11.1 Å². The second-order valence-corrected chi connectivity index (χ2v) is 24.7. The van der Waals surface area contributed by atoms with Crippen LogP contribution < -0.4 is 29.2 Å². The van der Waals surface area contributed by atoms with Crippen molar-refractivity contribution >= 4 is 90.0 Å². The topological polar surface area (TPSA) is 85.4 Å². The monoisotopic (exact) mass is 734 g/mol. The van der Waals surface area contributed by atoms with E-state index in [4.69, 9.17) is 62.8 Å². The van der Waals surface area contributed by atoms with Crippen molar-refractivity contribution in [1.82, 2.24) is 0 Å². The van der Waals surface area contributed by atoms with Gasteiger partial charge in [0.15, 0.2) is 0 Å². The molecule has 46 heavy (non-hydrogen) atoms. The van der Waals surface area contributed by atoms with Gasteiger partial charge in [-0.3, -0.25) is 0 Å². The molecule has 14 heteroatoms. The van der Waals surface area contributed by atoms with Gasteiger partial charge >= 0.3 is 283 Å². The van der Waals surface area contributed by atoms with Gasteiger partial charge in [-0.15, -0.1) is 0 Å². The summed E-state index contributed by atoms with van der Waals surface area (Å²) < 4.78 is 27.0. The first kappa shape index (κ1) is 31.1. The standard InChI is InChI=1S/C32H24Cl4N2O6P2/c1-21-17-31(39)41-29-19-25(13-15-27(21)29)43-45(33,34)37(23-9-5-3-6-10-23)46(35,36,38(45)24-11-7-4-8-12-24)44-26-14-16-28-22(2)18-32(40)42-30(28)20-26/h3-20H,1-2H3. The van der Waals surface area contributed by atoms with Crippen LogP contribution >= 0.6 is 56.6 Å². The molecule has 0 bridgehead atoms. The Bertz CT molecular complexity index is 2120. The number of halogens is 4. The fraction of sp³-hybridized carbons (Fsp3) is 0.0625. The summed E-state index contributed by atoms with van der Waals surface area (Å²) in [5, 5.41) is 1.42. The summed E-state index contributed by atoms with van der Waals surface area (Å²) in [5.74, 6) is -9.53. The van der Waals surface area contributed by atoms with Crippen LogP contribution in [0.5, 0.6) is 11.5 Å². The second-order valence-electron chi connectivity index (χ2n) is 10.8. The van der Waals surface area contributed by atoms with Gasteiger partial charge in [-0.2, -0.15) is 0 Å². The summed E-state index contributed by atoms with van der Waals surface area (Å²) >= 11 is 30.6. The van der Waals surface area contributed by atoms with Gasteiger partial charge in [0.2, 0.25) is 0 Å². The summed E-state index contributed by atoms with van der Waals surface area (Å²) in [6.07, 6.45) is 0. The molecule has 0 aliphatic carbocycles. The Kier molecular flexibility index (Phi) is 7.12. The molecule has 0 unspecified atom stereocenters. The molecule has 3 heterocycles. The van der Waals surface area contributed by atoms with E-state index < -0.39 is 22.9 Å². The van der Waals surface area contributed by atoms with E-state index in [-0.39, 0.29) is 22.7 Å². The van der Waals surface area contributed by atoms with Crippen molar-refractivity contribution in [2.75, 3.05) is 8.88 Å². The molecule has 236 valence electrons. The zero-order chi connectivity index (χ0) is 32.5. The predicted octanol–water partition coefficient (Wildman–Crippen LogP) is 11.2. The molecule has 7 rings (SSSR count). The normalized spacial score (nSPS) is 19.3. The van der Waals surface area contributed by atoms with Gasteiger partial charge in [-0.25, -0.2) is 0 Å². The van der Waals surface area contributed by atoms with Crippen LogP contribution in [-0.4, -0.2) is 0 Å². The Hall–Kier alpha value is -3.48. The molecule has 0 saturated carbocycles. The molecule has 0 N–H and O–H groups in total. The fourth-order valence-electron chi connectivity index (χ4n) is 5.69. The molecule has 0 amide bonds. The third-order valence-electron chi connectivity index (χ3n) is 7.55. The predicted molar refractivity (Wildman–Crippen MR) is 191 cm³/mol. The molecule has 6 aromatic rings. The molecular formula is C32H24Cl4N2O6P2. The quantitative estimate of drug-likeness (QED) is 0.123. The number of rotatable bonds is 6. The summed E-state index contributed by atoms with van der Waals surface area (Å²) in [4.78, 5) is 24.4. The summed E-state index contributed by atoms with van der Waals surface area (Å²) in [6, 6.07) is 30.4. The van der Waals surface area contributed by atoms with Crippen LogP contribution in [-0.2, 0) is 0 Å². The van der Waals surface area contributed by atoms with E-state index in [2.05, 4.69) is 0 Å². The van der Waals surface area contributed by atoms with Crippen LogP contribution in [0.4, 0.5) is 11.4 Å². The number of benzene rings is 4. The number of hydrogen-bond acceptors (Lipinski definition) is 8. The van der Waals surface area contributed by atoms with E-state index in [9.17, 15) is 9.59 Å². The first-order valence-corrected chi connectivity index (χ1v) is 21.6. The maximum atomic E-state index is 12.2. The van der Waals surface area contributed by atoms with Gasteiger partial charge in [0.25, 0.3) is 0 Å². The molecule has 0 radical (unpaired) electrons. The van der Waals surface area contributed by atoms with Gasteiger partial charge < -0.3 is 0 Å².